The Kier molecular flexibility index (Phi) is 28.4. The molecule has 0 aromatic carbocycles. The van der Waals surface area contributed by atoms with Crippen molar-refractivity contribution in [3.63, 3.8) is 0 Å². The van der Waals surface area contributed by atoms with Crippen LogP contribution in [0.25, 0.3) is 0 Å². The number of carbonyl (C=O) groups is 3. The van der Waals surface area contributed by atoms with E-state index in [2.05, 4.69) is 25.3 Å². The van der Waals surface area contributed by atoms with Crippen LogP contribution in [0.1, 0.15) is 136 Å². The fourth-order valence-corrected chi connectivity index (χ4v) is 5.36. The number of hydrogen-bond acceptors (Lipinski definition) is 10. The predicted molar refractivity (Wildman–Crippen MR) is 184 cm³/mol. The topological polar surface area (TPSA) is 110 Å². The molecular formula is C37H67NO9. The third-order valence-electron chi connectivity index (χ3n) is 8.27. The number of rotatable bonds is 30. The number of esters is 2. The second-order valence-electron chi connectivity index (χ2n) is 12.6. The zero-order valence-electron chi connectivity index (χ0n) is 29.9. The summed E-state index contributed by atoms with van der Waals surface area (Å²) in [5.74, 6) is -1.57. The molecule has 0 aliphatic carbocycles. The normalized spacial score (nSPS) is 14.4. The van der Waals surface area contributed by atoms with Crippen molar-refractivity contribution >= 4 is 18.1 Å². The van der Waals surface area contributed by atoms with Crippen molar-refractivity contribution in [3.05, 3.63) is 12.7 Å². The smallest absolute Gasteiger partial charge is 0.465 e. The SMILES string of the molecule is C=CC(=O)OCC(COC(=O)CCC(OCCCCCCCC)OCCCCCCCC)COC(=O)OCCCN1CCCCCC1. The minimum atomic E-state index is -0.792. The van der Waals surface area contributed by atoms with E-state index < -0.39 is 30.3 Å². The molecule has 10 nitrogen and oxygen atoms in total. The van der Waals surface area contributed by atoms with Crippen molar-refractivity contribution < 1.29 is 42.8 Å². The van der Waals surface area contributed by atoms with Crippen LogP contribution in [0.4, 0.5) is 4.79 Å². The van der Waals surface area contributed by atoms with Gasteiger partial charge in [0.1, 0.15) is 19.8 Å². The van der Waals surface area contributed by atoms with Gasteiger partial charge in [-0.3, -0.25) is 4.79 Å². The van der Waals surface area contributed by atoms with Crippen molar-refractivity contribution in [1.82, 2.24) is 4.90 Å². The standard InChI is InChI=1S/C37H67NO9/c1-4-7-9-11-15-19-27-42-36(43-28-20-16-12-10-8-5-2)23-22-35(40)46-31-33(30-45-34(39)6-3)32-47-37(41)44-29-21-26-38-24-17-13-14-18-25-38/h6,33,36H,3-5,7-32H2,1-2H3. The minimum absolute atomic E-state index is 0.0760. The number of unbranched alkanes of at least 4 members (excludes halogenated alkanes) is 10. The highest BCUT2D eigenvalue weighted by Gasteiger charge is 2.19. The zero-order valence-corrected chi connectivity index (χ0v) is 29.9. The highest BCUT2D eigenvalue weighted by Crippen LogP contribution is 2.13. The molecule has 10 heteroatoms. The average Bonchev–Trinajstić information content (AvgIpc) is 3.36. The molecule has 1 unspecified atom stereocenters. The van der Waals surface area contributed by atoms with E-state index >= 15 is 0 Å². The molecule has 274 valence electrons. The highest BCUT2D eigenvalue weighted by molar-refractivity contribution is 5.81. The van der Waals surface area contributed by atoms with Crippen LogP contribution in [0, 0.1) is 5.92 Å². The molecule has 0 bridgehead atoms. The van der Waals surface area contributed by atoms with E-state index in [1.165, 1.54) is 77.0 Å². The Hall–Kier alpha value is -2.17. The lowest BCUT2D eigenvalue weighted by Crippen LogP contribution is -2.28. The third kappa shape index (κ3) is 26.5. The predicted octanol–water partition coefficient (Wildman–Crippen LogP) is 8.15. The Balaban J connectivity index is 2.44. The molecule has 1 heterocycles. The molecule has 1 aliphatic heterocycles. The van der Waals surface area contributed by atoms with Crippen LogP contribution in [0.3, 0.4) is 0 Å². The van der Waals surface area contributed by atoms with E-state index in [4.69, 9.17) is 28.4 Å². The van der Waals surface area contributed by atoms with Crippen LogP contribution >= 0.6 is 0 Å². The maximum absolute atomic E-state index is 12.7. The highest BCUT2D eigenvalue weighted by atomic mass is 16.7. The Labute approximate surface area is 285 Å². The van der Waals surface area contributed by atoms with Crippen LogP contribution in [0.5, 0.6) is 0 Å². The van der Waals surface area contributed by atoms with Gasteiger partial charge in [0.05, 0.1) is 18.9 Å². The fraction of sp³-hybridized carbons (Fsp3) is 0.865. The number of nitrogens with zero attached hydrogens (tertiary/aromatic N) is 1. The van der Waals surface area contributed by atoms with Gasteiger partial charge < -0.3 is 33.3 Å². The summed E-state index contributed by atoms with van der Waals surface area (Å²) < 4.78 is 33.2. The van der Waals surface area contributed by atoms with E-state index in [9.17, 15) is 14.4 Å². The van der Waals surface area contributed by atoms with Crippen molar-refractivity contribution in [2.24, 2.45) is 5.92 Å². The Morgan fingerprint density at radius 1 is 0.660 bits per heavy atom. The second-order valence-corrected chi connectivity index (χ2v) is 12.6. The fourth-order valence-electron chi connectivity index (χ4n) is 5.36. The molecular weight excluding hydrogens is 602 g/mol. The zero-order chi connectivity index (χ0) is 34.2. The first kappa shape index (κ1) is 42.9. The maximum atomic E-state index is 12.7. The molecule has 1 atom stereocenters. The summed E-state index contributed by atoms with van der Waals surface area (Å²) in [6, 6.07) is 0. The van der Waals surface area contributed by atoms with Gasteiger partial charge in [0.2, 0.25) is 0 Å². The Morgan fingerprint density at radius 3 is 1.81 bits per heavy atom. The van der Waals surface area contributed by atoms with Crippen molar-refractivity contribution in [2.45, 2.75) is 142 Å². The van der Waals surface area contributed by atoms with Gasteiger partial charge in [-0.15, -0.1) is 0 Å². The van der Waals surface area contributed by atoms with Crippen LogP contribution in [0.2, 0.25) is 0 Å². The molecule has 1 aliphatic rings. The molecule has 0 saturated carbocycles. The third-order valence-corrected chi connectivity index (χ3v) is 8.27. The van der Waals surface area contributed by atoms with E-state index in [0.29, 0.717) is 19.6 Å². The Bertz CT molecular complexity index is 768. The molecule has 0 aromatic heterocycles. The molecule has 47 heavy (non-hydrogen) atoms. The summed E-state index contributed by atoms with van der Waals surface area (Å²) in [5.41, 5.74) is 0. The average molecular weight is 670 g/mol. The second kappa shape index (κ2) is 31.1. The largest absolute Gasteiger partial charge is 0.508 e. The molecule has 0 amide bonds. The monoisotopic (exact) mass is 669 g/mol. The number of ether oxygens (including phenoxy) is 6. The van der Waals surface area contributed by atoms with Gasteiger partial charge in [0.25, 0.3) is 0 Å². The van der Waals surface area contributed by atoms with Crippen LogP contribution in [-0.4, -0.2) is 88.6 Å². The van der Waals surface area contributed by atoms with Gasteiger partial charge in [0, 0.05) is 32.3 Å². The summed E-state index contributed by atoms with van der Waals surface area (Å²) in [6.45, 7) is 12.1. The van der Waals surface area contributed by atoms with Gasteiger partial charge in [-0.1, -0.05) is 97.5 Å². The first-order valence-electron chi connectivity index (χ1n) is 18.7. The number of likely N-dealkylation sites (tertiary alicyclic amines) is 1. The summed E-state index contributed by atoms with van der Waals surface area (Å²) >= 11 is 0. The quantitative estimate of drug-likeness (QED) is 0.0244. The molecule has 1 rings (SSSR count). The lowest BCUT2D eigenvalue weighted by molar-refractivity contribution is -0.161. The molecule has 0 aromatic rings. The summed E-state index contributed by atoms with van der Waals surface area (Å²) in [6.07, 6.45) is 20.1. The van der Waals surface area contributed by atoms with Crippen molar-refractivity contribution in [3.8, 4) is 0 Å². The number of carbonyl (C=O) groups excluding carboxylic acids is 3. The maximum Gasteiger partial charge on any atom is 0.508 e. The van der Waals surface area contributed by atoms with E-state index in [0.717, 1.165) is 57.8 Å². The summed E-state index contributed by atoms with van der Waals surface area (Å²) in [7, 11) is 0. The summed E-state index contributed by atoms with van der Waals surface area (Å²) in [4.78, 5) is 38.9. The van der Waals surface area contributed by atoms with Gasteiger partial charge in [-0.05, 0) is 45.2 Å². The lowest BCUT2D eigenvalue weighted by atomic mass is 10.1. The van der Waals surface area contributed by atoms with Gasteiger partial charge >= 0.3 is 18.1 Å². The van der Waals surface area contributed by atoms with Crippen LogP contribution in [-0.2, 0) is 38.0 Å². The molecule has 0 spiro atoms. The Morgan fingerprint density at radius 2 is 1.21 bits per heavy atom. The van der Waals surface area contributed by atoms with Gasteiger partial charge in [-0.25, -0.2) is 9.59 Å². The van der Waals surface area contributed by atoms with Gasteiger partial charge in [0.15, 0.2) is 6.29 Å². The van der Waals surface area contributed by atoms with E-state index in [1.54, 1.807) is 0 Å². The molecule has 0 radical (unpaired) electrons. The molecule has 1 saturated heterocycles. The molecule has 0 N–H and O–H groups in total. The summed E-state index contributed by atoms with van der Waals surface area (Å²) in [5, 5.41) is 0. The van der Waals surface area contributed by atoms with Crippen LogP contribution < -0.4 is 0 Å². The van der Waals surface area contributed by atoms with Gasteiger partial charge in [-0.2, -0.15) is 0 Å². The number of hydrogen-bond donors (Lipinski definition) is 0. The lowest BCUT2D eigenvalue weighted by Gasteiger charge is -2.20. The van der Waals surface area contributed by atoms with Crippen molar-refractivity contribution in [1.29, 1.82) is 0 Å². The first-order valence-corrected chi connectivity index (χ1v) is 18.7. The van der Waals surface area contributed by atoms with Crippen LogP contribution in [0.15, 0.2) is 12.7 Å². The van der Waals surface area contributed by atoms with E-state index in [-0.39, 0.29) is 32.8 Å². The first-order chi connectivity index (χ1) is 23.0. The van der Waals surface area contributed by atoms with E-state index in [1.807, 2.05) is 0 Å². The molecule has 1 fully saturated rings. The minimum Gasteiger partial charge on any atom is -0.465 e. The van der Waals surface area contributed by atoms with Crippen molar-refractivity contribution in [2.75, 3.05) is 59.3 Å².